The lowest BCUT2D eigenvalue weighted by Crippen LogP contribution is -2.48. The lowest BCUT2D eigenvalue weighted by atomic mass is 9.95. The van der Waals surface area contributed by atoms with Crippen LogP contribution in [0.1, 0.15) is 35.7 Å². The lowest BCUT2D eigenvalue weighted by Gasteiger charge is -2.37. The Bertz CT molecular complexity index is 1150. The summed E-state index contributed by atoms with van der Waals surface area (Å²) in [5.74, 6) is -3.24. The van der Waals surface area contributed by atoms with Crippen LogP contribution in [0.2, 0.25) is 0 Å². The molecule has 182 valence electrons. The summed E-state index contributed by atoms with van der Waals surface area (Å²) in [4.78, 5) is 33.1. The number of aromatic nitrogens is 2. The first kappa shape index (κ1) is 23.8. The predicted octanol–water partition coefficient (Wildman–Crippen LogP) is 2.73. The van der Waals surface area contributed by atoms with Crippen molar-refractivity contribution < 1.29 is 23.1 Å². The third-order valence-corrected chi connectivity index (χ3v) is 6.33. The minimum absolute atomic E-state index is 0.000967. The number of aryl methyl sites for hydroxylation is 1. The van der Waals surface area contributed by atoms with E-state index in [-0.39, 0.29) is 37.6 Å². The van der Waals surface area contributed by atoms with E-state index in [0.717, 1.165) is 18.4 Å². The summed E-state index contributed by atoms with van der Waals surface area (Å²) in [6.45, 7) is 2.21. The molecule has 34 heavy (non-hydrogen) atoms. The Hall–Kier alpha value is -3.34. The number of hydrogen-bond donors (Lipinski definition) is 2. The molecule has 2 N–H and O–H groups in total. The SMILES string of the molecule is COCNC(=O)n1ccc(N2CCCc3cc(C(=O)N4CCC(F)(F)C(C)C4)cnc32)cc1=N. The molecule has 0 radical (unpaired) electrons. The van der Waals surface area contributed by atoms with Crippen LogP contribution < -0.4 is 15.7 Å². The van der Waals surface area contributed by atoms with E-state index in [9.17, 15) is 18.4 Å². The van der Waals surface area contributed by atoms with Gasteiger partial charge in [0, 0.05) is 63.2 Å². The molecule has 2 aliphatic rings. The Labute approximate surface area is 195 Å². The number of carbonyl (C=O) groups is 2. The number of nitrogens with one attached hydrogen (secondary N) is 2. The maximum absolute atomic E-state index is 13.8. The second-order valence-corrected chi connectivity index (χ2v) is 8.68. The van der Waals surface area contributed by atoms with Crippen molar-refractivity contribution in [1.82, 2.24) is 19.8 Å². The van der Waals surface area contributed by atoms with Gasteiger partial charge in [-0.25, -0.2) is 18.6 Å². The number of alkyl halides is 2. The summed E-state index contributed by atoms with van der Waals surface area (Å²) in [7, 11) is 1.46. The number of nitrogens with zero attached hydrogens (tertiary/aromatic N) is 4. The maximum Gasteiger partial charge on any atom is 0.328 e. The molecule has 2 amide bonds. The summed E-state index contributed by atoms with van der Waals surface area (Å²) in [6.07, 6.45) is 4.21. The highest BCUT2D eigenvalue weighted by molar-refractivity contribution is 5.94. The van der Waals surface area contributed by atoms with Gasteiger partial charge in [0.05, 0.1) is 5.56 Å². The Morgan fingerprint density at radius 2 is 2.12 bits per heavy atom. The van der Waals surface area contributed by atoms with E-state index in [1.165, 1.54) is 35.9 Å². The fourth-order valence-corrected chi connectivity index (χ4v) is 4.34. The molecule has 1 fully saturated rings. The van der Waals surface area contributed by atoms with Crippen LogP contribution in [0, 0.1) is 11.3 Å². The van der Waals surface area contributed by atoms with Crippen LogP contribution in [0.15, 0.2) is 30.6 Å². The number of ether oxygens (including phenoxy) is 1. The molecule has 0 aromatic carbocycles. The van der Waals surface area contributed by atoms with Crippen LogP contribution in [0.5, 0.6) is 0 Å². The van der Waals surface area contributed by atoms with Crippen molar-refractivity contribution in [3.8, 4) is 0 Å². The molecular formula is C23H28F2N6O3. The topological polar surface area (TPSA) is 104 Å². The summed E-state index contributed by atoms with van der Waals surface area (Å²) in [5.41, 5.74) is 1.98. The van der Waals surface area contributed by atoms with Crippen LogP contribution in [0.3, 0.4) is 0 Å². The first-order valence-corrected chi connectivity index (χ1v) is 11.2. The number of likely N-dealkylation sites (tertiary alicyclic amines) is 1. The van der Waals surface area contributed by atoms with Crippen LogP contribution in [0.4, 0.5) is 25.1 Å². The minimum atomic E-state index is -2.75. The number of carbonyl (C=O) groups excluding carboxylic acids is 2. The fraction of sp³-hybridized carbons (Fsp3) is 0.478. The molecule has 4 heterocycles. The van der Waals surface area contributed by atoms with E-state index in [4.69, 9.17) is 10.1 Å². The quantitative estimate of drug-likeness (QED) is 0.664. The summed E-state index contributed by atoms with van der Waals surface area (Å²) in [6, 6.07) is 4.63. The van der Waals surface area contributed by atoms with Crippen molar-refractivity contribution in [3.05, 3.63) is 47.2 Å². The molecule has 1 atom stereocenters. The highest BCUT2D eigenvalue weighted by atomic mass is 19.3. The average molecular weight is 475 g/mol. The maximum atomic E-state index is 13.8. The second kappa shape index (κ2) is 9.49. The number of methoxy groups -OCH3 is 1. The van der Waals surface area contributed by atoms with Crippen molar-refractivity contribution >= 4 is 23.4 Å². The van der Waals surface area contributed by atoms with Gasteiger partial charge in [0.15, 0.2) is 0 Å². The lowest BCUT2D eigenvalue weighted by molar-refractivity contribution is -0.0921. The molecule has 0 saturated carbocycles. The number of amides is 2. The van der Waals surface area contributed by atoms with Gasteiger partial charge in [0.25, 0.3) is 11.8 Å². The smallest absolute Gasteiger partial charge is 0.328 e. The van der Waals surface area contributed by atoms with Gasteiger partial charge in [-0.3, -0.25) is 14.8 Å². The third-order valence-electron chi connectivity index (χ3n) is 6.33. The highest BCUT2D eigenvalue weighted by Crippen LogP contribution is 2.35. The molecule has 0 aliphatic carbocycles. The highest BCUT2D eigenvalue weighted by Gasteiger charge is 2.42. The molecule has 0 bridgehead atoms. The number of rotatable bonds is 4. The first-order valence-electron chi connectivity index (χ1n) is 11.2. The minimum Gasteiger partial charge on any atom is -0.364 e. The summed E-state index contributed by atoms with van der Waals surface area (Å²) < 4.78 is 33.6. The van der Waals surface area contributed by atoms with Crippen molar-refractivity contribution in [2.45, 2.75) is 32.1 Å². The molecule has 1 saturated heterocycles. The summed E-state index contributed by atoms with van der Waals surface area (Å²) >= 11 is 0. The molecule has 4 rings (SSSR count). The van der Waals surface area contributed by atoms with E-state index < -0.39 is 17.9 Å². The van der Waals surface area contributed by atoms with E-state index in [1.54, 1.807) is 18.2 Å². The number of pyridine rings is 2. The molecule has 0 spiro atoms. The van der Waals surface area contributed by atoms with Crippen molar-refractivity contribution in [2.24, 2.45) is 5.92 Å². The van der Waals surface area contributed by atoms with E-state index in [1.807, 2.05) is 4.90 Å². The van der Waals surface area contributed by atoms with Crippen LogP contribution >= 0.6 is 0 Å². The number of hydrogen-bond acceptors (Lipinski definition) is 6. The van der Waals surface area contributed by atoms with Crippen LogP contribution in [0.25, 0.3) is 0 Å². The largest absolute Gasteiger partial charge is 0.364 e. The van der Waals surface area contributed by atoms with Gasteiger partial charge >= 0.3 is 6.03 Å². The van der Waals surface area contributed by atoms with Crippen LogP contribution in [-0.2, 0) is 11.2 Å². The number of piperidine rings is 1. The molecule has 11 heteroatoms. The normalized spacial score (nSPS) is 19.5. The molecule has 2 aliphatic heterocycles. The van der Waals surface area contributed by atoms with Gasteiger partial charge in [-0.1, -0.05) is 6.92 Å². The average Bonchev–Trinajstić information content (AvgIpc) is 2.83. The fourth-order valence-electron chi connectivity index (χ4n) is 4.34. The molecule has 2 aromatic rings. The van der Waals surface area contributed by atoms with Crippen molar-refractivity contribution in [2.75, 3.05) is 38.4 Å². The second-order valence-electron chi connectivity index (χ2n) is 8.68. The van der Waals surface area contributed by atoms with E-state index >= 15 is 0 Å². The molecule has 9 nitrogen and oxygen atoms in total. The number of fused-ring (bicyclic) bond motifs is 1. The zero-order valence-corrected chi connectivity index (χ0v) is 19.2. The van der Waals surface area contributed by atoms with Gasteiger partial charge in [-0.15, -0.1) is 0 Å². The van der Waals surface area contributed by atoms with Gasteiger partial charge < -0.3 is 19.9 Å². The molecular weight excluding hydrogens is 446 g/mol. The predicted molar refractivity (Wildman–Crippen MR) is 120 cm³/mol. The monoisotopic (exact) mass is 474 g/mol. The Kier molecular flexibility index (Phi) is 6.65. The van der Waals surface area contributed by atoms with Gasteiger partial charge in [0.1, 0.15) is 18.0 Å². The van der Waals surface area contributed by atoms with E-state index in [2.05, 4.69) is 10.3 Å². The standard InChI is InChI=1S/C23H28F2N6O3/c1-15-13-29(9-6-23(15,24)25)21(32)17-10-16-4-3-7-30(20(16)27-12-17)18-5-8-31(19(26)11-18)22(33)28-14-34-2/h5,8,10-12,15,26H,3-4,6-7,9,13-14H2,1-2H3,(H,28,33). The Balaban J connectivity index is 1.55. The zero-order valence-electron chi connectivity index (χ0n) is 19.2. The van der Waals surface area contributed by atoms with Crippen molar-refractivity contribution in [1.29, 1.82) is 5.41 Å². The van der Waals surface area contributed by atoms with Gasteiger partial charge in [0.2, 0.25) is 0 Å². The number of anilines is 2. The molecule has 2 aromatic heterocycles. The molecule has 1 unspecified atom stereocenters. The zero-order chi connectivity index (χ0) is 24.5. The first-order chi connectivity index (χ1) is 16.2. The van der Waals surface area contributed by atoms with E-state index in [0.29, 0.717) is 23.6 Å². The third kappa shape index (κ3) is 4.65. The van der Waals surface area contributed by atoms with Crippen molar-refractivity contribution in [3.63, 3.8) is 0 Å². The summed E-state index contributed by atoms with van der Waals surface area (Å²) in [5, 5.41) is 10.8. The van der Waals surface area contributed by atoms with Crippen LogP contribution in [-0.4, -0.2) is 65.8 Å². The van der Waals surface area contributed by atoms with Gasteiger partial charge in [-0.2, -0.15) is 0 Å². The Morgan fingerprint density at radius 1 is 1.32 bits per heavy atom. The van der Waals surface area contributed by atoms with Gasteiger partial charge in [-0.05, 0) is 30.5 Å². The number of halogens is 2. The Morgan fingerprint density at radius 3 is 2.82 bits per heavy atom.